The minimum Gasteiger partial charge on any atom is -0.390 e. The molecule has 2 unspecified atom stereocenters. The molecule has 0 radical (unpaired) electrons. The van der Waals surface area contributed by atoms with Gasteiger partial charge in [-0.25, -0.2) is 0 Å². The minimum absolute atomic E-state index is 0.0227. The highest BCUT2D eigenvalue weighted by atomic mass is 16.3. The predicted molar refractivity (Wildman–Crippen MR) is 118 cm³/mol. The maximum atomic E-state index is 14.0. The molecule has 0 aliphatic heterocycles. The number of hydrogen-bond acceptors (Lipinski definition) is 5. The third-order valence-electron chi connectivity index (χ3n) is 8.39. The summed E-state index contributed by atoms with van der Waals surface area (Å²) in [6, 6.07) is 0. The predicted octanol–water partition coefficient (Wildman–Crippen LogP) is 4.10. The molecule has 2 bridgehead atoms. The quantitative estimate of drug-likeness (QED) is 0.506. The number of Topliss-reactive ketones (excluding diaryl/α,β-unsaturated/α-hetero) is 4. The molecule has 3 aliphatic rings. The lowest BCUT2D eigenvalue weighted by atomic mass is 9.58. The number of ketones is 4. The van der Waals surface area contributed by atoms with Crippen LogP contribution in [0, 0.1) is 39.9 Å². The zero-order chi connectivity index (χ0) is 23.7. The SMILES string of the molecule is CC(C)=CCC12C[C@H]3C(C)(C)[C@H](C(C)(C)O)C[C@@]3(C(=O)C(C(=O)CC(C)C)C1=O)C2=O. The lowest BCUT2D eigenvalue weighted by molar-refractivity contribution is -0.160. The van der Waals surface area contributed by atoms with Crippen molar-refractivity contribution in [1.29, 1.82) is 0 Å². The molecule has 0 aromatic heterocycles. The molecule has 3 aliphatic carbocycles. The molecule has 0 amide bonds. The molecule has 0 aromatic carbocycles. The van der Waals surface area contributed by atoms with Crippen molar-refractivity contribution < 1.29 is 24.3 Å². The normalized spacial score (nSPS) is 36.7. The molecule has 1 spiro atoms. The van der Waals surface area contributed by atoms with Crippen molar-refractivity contribution in [3.8, 4) is 0 Å². The van der Waals surface area contributed by atoms with E-state index in [2.05, 4.69) is 0 Å². The zero-order valence-corrected chi connectivity index (χ0v) is 20.3. The van der Waals surface area contributed by atoms with Crippen molar-refractivity contribution in [1.82, 2.24) is 0 Å². The van der Waals surface area contributed by atoms with E-state index < -0.39 is 39.3 Å². The summed E-state index contributed by atoms with van der Waals surface area (Å²) in [6.07, 6.45) is 2.78. The van der Waals surface area contributed by atoms with E-state index in [1.165, 1.54) is 0 Å². The van der Waals surface area contributed by atoms with E-state index in [0.29, 0.717) is 0 Å². The Morgan fingerprint density at radius 3 is 2.19 bits per heavy atom. The van der Waals surface area contributed by atoms with Gasteiger partial charge >= 0.3 is 0 Å². The lowest BCUT2D eigenvalue weighted by Gasteiger charge is -2.41. The van der Waals surface area contributed by atoms with Gasteiger partial charge in [-0.05, 0) is 70.1 Å². The summed E-state index contributed by atoms with van der Waals surface area (Å²) < 4.78 is 0. The van der Waals surface area contributed by atoms with Crippen LogP contribution in [0.2, 0.25) is 0 Å². The van der Waals surface area contributed by atoms with E-state index >= 15 is 0 Å². The fourth-order valence-corrected chi connectivity index (χ4v) is 7.04. The molecule has 3 rings (SSSR count). The number of hydrogen-bond donors (Lipinski definition) is 1. The Morgan fingerprint density at radius 1 is 1.13 bits per heavy atom. The first-order valence-corrected chi connectivity index (χ1v) is 11.6. The largest absolute Gasteiger partial charge is 0.390 e. The van der Waals surface area contributed by atoms with E-state index in [-0.39, 0.29) is 55.0 Å². The van der Waals surface area contributed by atoms with Gasteiger partial charge in [0.05, 0.1) is 16.4 Å². The maximum Gasteiger partial charge on any atom is 0.164 e. The summed E-state index contributed by atoms with van der Waals surface area (Å²) in [7, 11) is 0. The van der Waals surface area contributed by atoms with E-state index in [0.717, 1.165) is 5.57 Å². The van der Waals surface area contributed by atoms with Gasteiger partial charge < -0.3 is 5.11 Å². The molecule has 0 saturated heterocycles. The van der Waals surface area contributed by atoms with E-state index in [1.807, 2.05) is 47.6 Å². The van der Waals surface area contributed by atoms with Crippen molar-refractivity contribution in [2.75, 3.05) is 0 Å². The molecular weight excluding hydrogens is 392 g/mol. The van der Waals surface area contributed by atoms with Crippen molar-refractivity contribution >= 4 is 23.1 Å². The van der Waals surface area contributed by atoms with Crippen LogP contribution < -0.4 is 0 Å². The van der Waals surface area contributed by atoms with Crippen LogP contribution in [0.3, 0.4) is 0 Å². The number of carbonyl (C=O) groups is 4. The number of fused-ring (bicyclic) bond motifs is 1. The van der Waals surface area contributed by atoms with Crippen molar-refractivity contribution in [2.45, 2.75) is 86.7 Å². The molecule has 3 fully saturated rings. The Hall–Kier alpha value is -1.62. The summed E-state index contributed by atoms with van der Waals surface area (Å²) >= 11 is 0. The van der Waals surface area contributed by atoms with Crippen LogP contribution in [0.25, 0.3) is 0 Å². The minimum atomic E-state index is -1.35. The summed E-state index contributed by atoms with van der Waals surface area (Å²) in [5.41, 5.74) is -3.27. The topological polar surface area (TPSA) is 88.5 Å². The van der Waals surface area contributed by atoms with Crippen LogP contribution >= 0.6 is 0 Å². The maximum absolute atomic E-state index is 14.0. The first-order valence-electron chi connectivity index (χ1n) is 11.6. The highest BCUT2D eigenvalue weighted by Crippen LogP contribution is 2.72. The zero-order valence-electron chi connectivity index (χ0n) is 20.3. The van der Waals surface area contributed by atoms with Crippen LogP contribution in [-0.2, 0) is 19.2 Å². The number of rotatable bonds is 6. The Bertz CT molecular complexity index is 867. The van der Waals surface area contributed by atoms with Gasteiger partial charge in [-0.1, -0.05) is 39.3 Å². The molecule has 3 saturated carbocycles. The second kappa shape index (κ2) is 7.19. The first kappa shape index (κ1) is 24.0. The fourth-order valence-electron chi connectivity index (χ4n) is 7.04. The van der Waals surface area contributed by atoms with Gasteiger partial charge in [0.15, 0.2) is 23.1 Å². The third-order valence-corrected chi connectivity index (χ3v) is 8.39. The second-order valence-corrected chi connectivity index (χ2v) is 12.1. The van der Waals surface area contributed by atoms with Crippen LogP contribution in [0.4, 0.5) is 0 Å². The number of aliphatic hydroxyl groups is 1. The van der Waals surface area contributed by atoms with Crippen molar-refractivity contribution in [3.05, 3.63) is 11.6 Å². The highest BCUT2D eigenvalue weighted by molar-refractivity contribution is 6.37. The van der Waals surface area contributed by atoms with E-state index in [4.69, 9.17) is 0 Å². The molecule has 31 heavy (non-hydrogen) atoms. The van der Waals surface area contributed by atoms with Gasteiger partial charge in [0, 0.05) is 6.42 Å². The van der Waals surface area contributed by atoms with Crippen LogP contribution in [0.1, 0.15) is 81.1 Å². The molecule has 5 atom stereocenters. The van der Waals surface area contributed by atoms with Crippen molar-refractivity contribution in [2.24, 2.45) is 39.9 Å². The summed E-state index contributed by atoms with van der Waals surface area (Å²) in [5.74, 6) is -3.61. The standard InChI is InChI=1S/C26H38O5/c1-14(2)9-10-25-12-18-23(5,6)17(24(7,8)31)13-26(18,22(25)30)21(29)19(20(25)28)16(27)11-15(3)4/h9,15,17-19,31H,10-13H2,1-8H3/t17-,18+,19?,25?,26-/m1/s1. The Balaban J connectivity index is 2.22. The Kier molecular flexibility index (Phi) is 5.58. The third kappa shape index (κ3) is 3.21. The van der Waals surface area contributed by atoms with Crippen LogP contribution in [0.15, 0.2) is 11.6 Å². The van der Waals surface area contributed by atoms with Gasteiger partial charge in [0.1, 0.15) is 5.92 Å². The van der Waals surface area contributed by atoms with Gasteiger partial charge in [0.2, 0.25) is 0 Å². The summed E-state index contributed by atoms with van der Waals surface area (Å²) in [4.78, 5) is 54.8. The monoisotopic (exact) mass is 430 g/mol. The second-order valence-electron chi connectivity index (χ2n) is 12.1. The van der Waals surface area contributed by atoms with Gasteiger partial charge in [-0.15, -0.1) is 0 Å². The van der Waals surface area contributed by atoms with E-state index in [9.17, 15) is 24.3 Å². The van der Waals surface area contributed by atoms with Gasteiger partial charge in [-0.3, -0.25) is 19.2 Å². The first-order chi connectivity index (χ1) is 14.0. The van der Waals surface area contributed by atoms with E-state index in [1.54, 1.807) is 13.8 Å². The molecule has 0 aromatic rings. The molecule has 0 heterocycles. The Labute approximate surface area is 186 Å². The van der Waals surface area contributed by atoms with Gasteiger partial charge in [-0.2, -0.15) is 0 Å². The smallest absolute Gasteiger partial charge is 0.164 e. The molecule has 5 heteroatoms. The lowest BCUT2D eigenvalue weighted by Crippen LogP contribution is -2.59. The van der Waals surface area contributed by atoms with Crippen LogP contribution in [0.5, 0.6) is 0 Å². The van der Waals surface area contributed by atoms with Gasteiger partial charge in [0.25, 0.3) is 0 Å². The average molecular weight is 431 g/mol. The fraction of sp³-hybridized carbons (Fsp3) is 0.769. The van der Waals surface area contributed by atoms with Crippen molar-refractivity contribution in [3.63, 3.8) is 0 Å². The molecule has 5 nitrogen and oxygen atoms in total. The molecule has 1 N–H and O–H groups in total. The Morgan fingerprint density at radius 2 is 1.71 bits per heavy atom. The molecular formula is C26H38O5. The highest BCUT2D eigenvalue weighted by Gasteiger charge is 2.80. The van der Waals surface area contributed by atoms with Crippen LogP contribution in [-0.4, -0.2) is 33.8 Å². The summed E-state index contributed by atoms with van der Waals surface area (Å²) in [5, 5.41) is 10.9. The number of allylic oxidation sites excluding steroid dienone is 2. The average Bonchev–Trinajstić information content (AvgIpc) is 2.97. The number of carbonyl (C=O) groups excluding carboxylic acids is 4. The molecule has 172 valence electrons. The summed E-state index contributed by atoms with van der Waals surface area (Å²) in [6.45, 7) is 15.1.